The molecule has 4 rings (SSSR count). The highest BCUT2D eigenvalue weighted by Crippen LogP contribution is 2.38. The van der Waals surface area contributed by atoms with Gasteiger partial charge in [-0.05, 0) is 69.0 Å². The first-order valence-electron chi connectivity index (χ1n) is 11.7. The average molecular weight is 449 g/mol. The maximum Gasteiger partial charge on any atom is 0.325 e. The van der Waals surface area contributed by atoms with Gasteiger partial charge in [0.25, 0.3) is 5.91 Å². The van der Waals surface area contributed by atoms with Crippen LogP contribution in [0.3, 0.4) is 0 Å². The second-order valence-corrected chi connectivity index (χ2v) is 9.34. The van der Waals surface area contributed by atoms with Crippen LogP contribution >= 0.6 is 0 Å². The number of hydrogen-bond acceptors (Lipinski definition) is 4. The highest BCUT2D eigenvalue weighted by molar-refractivity contribution is 6.10. The molecule has 1 saturated carbocycles. The number of hydrogen-bond donors (Lipinski definition) is 2. The van der Waals surface area contributed by atoms with Crippen molar-refractivity contribution in [2.75, 3.05) is 16.8 Å². The van der Waals surface area contributed by atoms with E-state index in [9.17, 15) is 14.4 Å². The molecule has 0 aromatic heterocycles. The number of nitrogens with zero attached hydrogens (tertiary/aromatic N) is 2. The zero-order chi connectivity index (χ0) is 23.6. The lowest BCUT2D eigenvalue weighted by Crippen LogP contribution is -2.54. The molecule has 0 bridgehead atoms. The van der Waals surface area contributed by atoms with E-state index in [0.29, 0.717) is 6.42 Å². The molecule has 2 aliphatic rings. The molecule has 1 aliphatic heterocycles. The molecular formula is C26H32N4O3. The molecule has 2 N–H and O–H groups in total. The number of carbonyl (C=O) groups excluding carboxylic acids is 3. The number of anilines is 3. The van der Waals surface area contributed by atoms with Gasteiger partial charge in [-0.1, -0.05) is 38.0 Å². The molecule has 2 aromatic rings. The molecule has 2 fully saturated rings. The molecule has 33 heavy (non-hydrogen) atoms. The summed E-state index contributed by atoms with van der Waals surface area (Å²) in [7, 11) is 0. The van der Waals surface area contributed by atoms with E-state index in [2.05, 4.69) is 10.6 Å². The van der Waals surface area contributed by atoms with Crippen molar-refractivity contribution in [3.63, 3.8) is 0 Å². The molecule has 0 radical (unpaired) electrons. The summed E-state index contributed by atoms with van der Waals surface area (Å²) in [5.41, 5.74) is 1.75. The Morgan fingerprint density at radius 3 is 2.39 bits per heavy atom. The monoisotopic (exact) mass is 448 g/mol. The van der Waals surface area contributed by atoms with Crippen molar-refractivity contribution in [1.82, 2.24) is 10.2 Å². The lowest BCUT2D eigenvalue weighted by Gasteiger charge is -2.37. The van der Waals surface area contributed by atoms with Crippen molar-refractivity contribution < 1.29 is 14.4 Å². The topological polar surface area (TPSA) is 81.8 Å². The number of nitrogens with one attached hydrogen (secondary N) is 2. The van der Waals surface area contributed by atoms with Gasteiger partial charge in [-0.15, -0.1) is 0 Å². The molecular weight excluding hydrogens is 416 g/mol. The fraction of sp³-hybridized carbons (Fsp3) is 0.423. The minimum Gasteiger partial charge on any atom is -0.356 e. The quantitative estimate of drug-likeness (QED) is 0.629. The minimum absolute atomic E-state index is 0.0636. The van der Waals surface area contributed by atoms with E-state index in [-0.39, 0.29) is 30.3 Å². The van der Waals surface area contributed by atoms with Crippen LogP contribution in [0.2, 0.25) is 0 Å². The molecule has 2 unspecified atom stereocenters. The minimum atomic E-state index is -0.858. The number of para-hydroxylation sites is 1. The summed E-state index contributed by atoms with van der Waals surface area (Å²) >= 11 is 0. The van der Waals surface area contributed by atoms with Crippen molar-refractivity contribution in [2.45, 2.75) is 58.0 Å². The normalized spacial score (nSPS) is 22.5. The van der Waals surface area contributed by atoms with Crippen molar-refractivity contribution in [3.8, 4) is 0 Å². The summed E-state index contributed by atoms with van der Waals surface area (Å²) in [4.78, 5) is 42.0. The van der Waals surface area contributed by atoms with Gasteiger partial charge in [0.1, 0.15) is 12.1 Å². The zero-order valence-corrected chi connectivity index (χ0v) is 19.5. The van der Waals surface area contributed by atoms with Gasteiger partial charge in [0.2, 0.25) is 5.91 Å². The van der Waals surface area contributed by atoms with E-state index >= 15 is 0 Å². The van der Waals surface area contributed by atoms with Crippen LogP contribution in [0.25, 0.3) is 0 Å². The van der Waals surface area contributed by atoms with Gasteiger partial charge in [-0.2, -0.15) is 0 Å². The van der Waals surface area contributed by atoms with E-state index < -0.39 is 11.6 Å². The van der Waals surface area contributed by atoms with Gasteiger partial charge < -0.3 is 15.5 Å². The Labute approximate surface area is 195 Å². The Kier molecular flexibility index (Phi) is 6.40. The third-order valence-electron chi connectivity index (χ3n) is 6.79. The van der Waals surface area contributed by atoms with E-state index in [1.807, 2.05) is 75.4 Å². The highest BCUT2D eigenvalue weighted by Gasteiger charge is 2.55. The molecule has 2 atom stereocenters. The third-order valence-corrected chi connectivity index (χ3v) is 6.79. The van der Waals surface area contributed by atoms with Crippen molar-refractivity contribution in [1.29, 1.82) is 0 Å². The highest BCUT2D eigenvalue weighted by atomic mass is 16.2. The second-order valence-electron chi connectivity index (χ2n) is 9.34. The van der Waals surface area contributed by atoms with E-state index in [1.54, 1.807) is 4.90 Å². The van der Waals surface area contributed by atoms with Gasteiger partial charge in [-0.3, -0.25) is 14.5 Å². The molecule has 1 spiro atoms. The van der Waals surface area contributed by atoms with Crippen LogP contribution in [-0.2, 0) is 9.59 Å². The summed E-state index contributed by atoms with van der Waals surface area (Å²) in [5.74, 6) is -0.481. The van der Waals surface area contributed by atoms with E-state index in [1.165, 1.54) is 0 Å². The van der Waals surface area contributed by atoms with Crippen LogP contribution < -0.4 is 15.5 Å². The zero-order valence-electron chi connectivity index (χ0n) is 19.5. The molecule has 174 valence electrons. The first kappa shape index (κ1) is 22.8. The Balaban J connectivity index is 1.48. The Morgan fingerprint density at radius 2 is 1.76 bits per heavy atom. The van der Waals surface area contributed by atoms with Crippen molar-refractivity contribution in [3.05, 3.63) is 54.6 Å². The molecule has 2 aromatic carbocycles. The fourth-order valence-corrected chi connectivity index (χ4v) is 4.97. The standard InChI is InChI=1S/C26H32N4O3/c1-18(2)30(22-14-12-21(13-15-22)27-20-10-5-4-6-11-20)23(31)17-29-24(32)26(28-25(29)33)16-8-7-9-19(26)3/h4-6,10-15,18-19,27H,7-9,16-17H2,1-3H3,(H,28,33). The van der Waals surface area contributed by atoms with Crippen LogP contribution in [-0.4, -0.2) is 40.9 Å². The fourth-order valence-electron chi connectivity index (χ4n) is 4.97. The smallest absolute Gasteiger partial charge is 0.325 e. The van der Waals surface area contributed by atoms with E-state index in [4.69, 9.17) is 0 Å². The van der Waals surface area contributed by atoms with Crippen molar-refractivity contribution >= 4 is 34.9 Å². The predicted octanol–water partition coefficient (Wildman–Crippen LogP) is 4.67. The van der Waals surface area contributed by atoms with Crippen LogP contribution in [0.1, 0.15) is 46.5 Å². The van der Waals surface area contributed by atoms with Crippen LogP contribution in [0.5, 0.6) is 0 Å². The lowest BCUT2D eigenvalue weighted by atomic mass is 9.73. The Morgan fingerprint density at radius 1 is 1.09 bits per heavy atom. The van der Waals surface area contributed by atoms with Gasteiger partial charge >= 0.3 is 6.03 Å². The summed E-state index contributed by atoms with van der Waals surface area (Å²) in [6.07, 6.45) is 3.49. The third kappa shape index (κ3) is 4.45. The van der Waals surface area contributed by atoms with Gasteiger partial charge in [0, 0.05) is 23.1 Å². The number of benzene rings is 2. The number of imide groups is 1. The van der Waals surface area contributed by atoms with Gasteiger partial charge in [-0.25, -0.2) is 4.79 Å². The van der Waals surface area contributed by atoms with Crippen LogP contribution in [0.15, 0.2) is 54.6 Å². The molecule has 1 saturated heterocycles. The largest absolute Gasteiger partial charge is 0.356 e. The first-order chi connectivity index (χ1) is 15.8. The SMILES string of the molecule is CC(C)N(C(=O)CN1C(=O)NC2(CCCCC2C)C1=O)c1ccc(Nc2ccccc2)cc1. The lowest BCUT2D eigenvalue weighted by molar-refractivity contribution is -0.136. The number of urea groups is 1. The molecule has 7 heteroatoms. The maximum atomic E-state index is 13.3. The second kappa shape index (κ2) is 9.25. The average Bonchev–Trinajstić information content (AvgIpc) is 3.02. The molecule has 4 amide bonds. The molecule has 7 nitrogen and oxygen atoms in total. The molecule has 1 aliphatic carbocycles. The summed E-state index contributed by atoms with van der Waals surface area (Å²) < 4.78 is 0. The first-order valence-corrected chi connectivity index (χ1v) is 11.7. The van der Waals surface area contributed by atoms with Crippen LogP contribution in [0.4, 0.5) is 21.9 Å². The van der Waals surface area contributed by atoms with Crippen LogP contribution in [0, 0.1) is 5.92 Å². The summed E-state index contributed by atoms with van der Waals surface area (Å²) in [6.45, 7) is 5.59. The Hall–Kier alpha value is -3.35. The van der Waals surface area contributed by atoms with E-state index in [0.717, 1.165) is 41.2 Å². The number of rotatable bonds is 6. The van der Waals surface area contributed by atoms with Gasteiger partial charge in [0.05, 0.1) is 0 Å². The van der Waals surface area contributed by atoms with Crippen molar-refractivity contribution in [2.24, 2.45) is 5.92 Å². The van der Waals surface area contributed by atoms with Gasteiger partial charge in [0.15, 0.2) is 0 Å². The summed E-state index contributed by atoms with van der Waals surface area (Å²) in [5, 5.41) is 6.25. The molecule has 1 heterocycles. The number of amides is 4. The Bertz CT molecular complexity index is 1020. The number of carbonyl (C=O) groups is 3. The maximum absolute atomic E-state index is 13.3. The predicted molar refractivity (Wildman–Crippen MR) is 129 cm³/mol. The summed E-state index contributed by atoms with van der Waals surface area (Å²) in [6, 6.07) is 16.8.